The van der Waals surface area contributed by atoms with E-state index in [4.69, 9.17) is 16.3 Å². The van der Waals surface area contributed by atoms with Crippen LogP contribution in [0, 0.1) is 24.0 Å². The van der Waals surface area contributed by atoms with Gasteiger partial charge in [0.15, 0.2) is 5.69 Å². The zero-order chi connectivity index (χ0) is 25.4. The molecule has 180 valence electrons. The molecule has 0 saturated heterocycles. The van der Waals surface area contributed by atoms with Crippen molar-refractivity contribution < 1.29 is 27.6 Å². The van der Waals surface area contributed by atoms with Crippen LogP contribution in [0.4, 0.5) is 24.5 Å². The Morgan fingerprint density at radius 1 is 1.26 bits per heavy atom. The number of anilines is 1. The lowest BCUT2D eigenvalue weighted by molar-refractivity contribution is -0.384. The van der Waals surface area contributed by atoms with E-state index in [-0.39, 0.29) is 27.3 Å². The van der Waals surface area contributed by atoms with Gasteiger partial charge in [-0.15, -0.1) is 0 Å². The number of aromatic nitrogens is 2. The van der Waals surface area contributed by atoms with Crippen LogP contribution in [0.15, 0.2) is 40.9 Å². The van der Waals surface area contributed by atoms with Crippen LogP contribution >= 0.6 is 27.5 Å². The summed E-state index contributed by atoms with van der Waals surface area (Å²) in [5.41, 5.74) is -0.722. The first kappa shape index (κ1) is 25.5. The fourth-order valence-corrected chi connectivity index (χ4v) is 3.80. The van der Waals surface area contributed by atoms with Crippen LogP contribution in [-0.4, -0.2) is 20.6 Å². The highest BCUT2D eigenvalue weighted by Crippen LogP contribution is 2.37. The molecule has 1 unspecified atom stereocenters. The number of aryl methyl sites for hydroxylation is 1. The van der Waals surface area contributed by atoms with E-state index < -0.39 is 28.7 Å². The van der Waals surface area contributed by atoms with Crippen molar-refractivity contribution in [1.29, 1.82) is 0 Å². The molecule has 0 spiro atoms. The normalized spacial score (nSPS) is 12.4. The highest BCUT2D eigenvalue weighted by molar-refractivity contribution is 9.10. The standard InChI is InChI=1S/C21H17BrClF3N4O4/c1-10-6-13(23)4-5-17(10)34-16-8-14(7-15(9-16)30(32)33)27-20(31)12(3)29-11(2)18(22)19(28-29)21(24,25)26/h4-9,12H,1-3H3,(H,27,31). The van der Waals surface area contributed by atoms with Gasteiger partial charge in [-0.05, 0) is 60.5 Å². The van der Waals surface area contributed by atoms with Crippen LogP contribution in [0.2, 0.25) is 5.02 Å². The van der Waals surface area contributed by atoms with Gasteiger partial charge in [-0.2, -0.15) is 18.3 Å². The first-order chi connectivity index (χ1) is 15.8. The Balaban J connectivity index is 1.90. The average Bonchev–Trinajstić information content (AvgIpc) is 3.04. The molecule has 3 rings (SSSR count). The summed E-state index contributed by atoms with van der Waals surface area (Å²) in [6, 6.07) is 7.32. The molecule has 34 heavy (non-hydrogen) atoms. The molecule has 1 heterocycles. The Hall–Kier alpha value is -3.12. The Morgan fingerprint density at radius 2 is 1.94 bits per heavy atom. The fourth-order valence-electron chi connectivity index (χ4n) is 3.09. The number of nitrogens with one attached hydrogen (secondary N) is 1. The van der Waals surface area contributed by atoms with E-state index in [1.165, 1.54) is 26.0 Å². The van der Waals surface area contributed by atoms with Crippen LogP contribution in [0.25, 0.3) is 0 Å². The summed E-state index contributed by atoms with van der Waals surface area (Å²) in [6.45, 7) is 4.47. The van der Waals surface area contributed by atoms with Crippen molar-refractivity contribution in [2.24, 2.45) is 0 Å². The van der Waals surface area contributed by atoms with E-state index in [0.29, 0.717) is 16.3 Å². The van der Waals surface area contributed by atoms with Gasteiger partial charge in [0.25, 0.3) is 5.69 Å². The lowest BCUT2D eigenvalue weighted by Crippen LogP contribution is -2.25. The van der Waals surface area contributed by atoms with E-state index in [1.54, 1.807) is 25.1 Å². The van der Waals surface area contributed by atoms with Gasteiger partial charge in [-0.1, -0.05) is 11.6 Å². The number of nitro groups is 1. The first-order valence-corrected chi connectivity index (χ1v) is 10.8. The quantitative estimate of drug-likeness (QED) is 0.263. The third-order valence-corrected chi connectivity index (χ3v) is 6.01. The van der Waals surface area contributed by atoms with Crippen molar-refractivity contribution in [2.75, 3.05) is 5.32 Å². The van der Waals surface area contributed by atoms with E-state index in [9.17, 15) is 28.1 Å². The number of non-ortho nitro benzene ring substituents is 1. The van der Waals surface area contributed by atoms with Gasteiger partial charge in [0.05, 0.1) is 26.8 Å². The molecule has 0 saturated carbocycles. The summed E-state index contributed by atoms with van der Waals surface area (Å²) < 4.78 is 45.9. The summed E-state index contributed by atoms with van der Waals surface area (Å²) in [4.78, 5) is 23.5. The van der Waals surface area contributed by atoms with Crippen molar-refractivity contribution >= 4 is 44.8 Å². The molecule has 0 fully saturated rings. The molecule has 8 nitrogen and oxygen atoms in total. The number of hydrogen-bond acceptors (Lipinski definition) is 5. The zero-order valence-corrected chi connectivity index (χ0v) is 20.2. The minimum atomic E-state index is -4.71. The second-order valence-corrected chi connectivity index (χ2v) is 8.57. The van der Waals surface area contributed by atoms with Crippen molar-refractivity contribution in [1.82, 2.24) is 9.78 Å². The highest BCUT2D eigenvalue weighted by Gasteiger charge is 2.39. The van der Waals surface area contributed by atoms with Crippen LogP contribution in [0.1, 0.15) is 29.9 Å². The Bertz CT molecular complexity index is 1280. The maximum absolute atomic E-state index is 13.2. The van der Waals surface area contributed by atoms with E-state index in [0.717, 1.165) is 10.7 Å². The monoisotopic (exact) mass is 560 g/mol. The SMILES string of the molecule is Cc1cc(Cl)ccc1Oc1cc(NC(=O)C(C)n2nc(C(F)(F)F)c(Br)c2C)cc([N+](=O)[O-])c1. The summed E-state index contributed by atoms with van der Waals surface area (Å²) in [5.74, 6) is -0.270. The molecule has 0 aliphatic rings. The molecular weight excluding hydrogens is 545 g/mol. The van der Waals surface area contributed by atoms with Gasteiger partial charge in [-0.25, -0.2) is 0 Å². The minimum Gasteiger partial charge on any atom is -0.457 e. The Kier molecular flexibility index (Phi) is 7.22. The molecule has 0 radical (unpaired) electrons. The van der Waals surface area contributed by atoms with Gasteiger partial charge >= 0.3 is 6.18 Å². The smallest absolute Gasteiger partial charge is 0.436 e. The number of benzene rings is 2. The van der Waals surface area contributed by atoms with Crippen LogP contribution in [-0.2, 0) is 11.0 Å². The predicted molar refractivity (Wildman–Crippen MR) is 122 cm³/mol. The van der Waals surface area contributed by atoms with Crippen molar-refractivity contribution in [3.05, 3.63) is 73.0 Å². The molecule has 1 amide bonds. The minimum absolute atomic E-state index is 0.0209. The van der Waals surface area contributed by atoms with E-state index in [1.807, 2.05) is 0 Å². The molecule has 13 heteroatoms. The number of amides is 1. The molecule has 0 aliphatic heterocycles. The van der Waals surface area contributed by atoms with Gasteiger partial charge < -0.3 is 10.1 Å². The Labute approximate surface area is 204 Å². The zero-order valence-electron chi connectivity index (χ0n) is 17.9. The molecule has 0 aliphatic carbocycles. The lowest BCUT2D eigenvalue weighted by Gasteiger charge is -2.15. The molecule has 1 N–H and O–H groups in total. The molecule has 0 bridgehead atoms. The molecule has 3 aromatic rings. The van der Waals surface area contributed by atoms with E-state index >= 15 is 0 Å². The average molecular weight is 562 g/mol. The van der Waals surface area contributed by atoms with Crippen molar-refractivity contribution in [2.45, 2.75) is 33.0 Å². The summed E-state index contributed by atoms with van der Waals surface area (Å²) in [7, 11) is 0. The number of carbonyl (C=O) groups is 1. The highest BCUT2D eigenvalue weighted by atomic mass is 79.9. The summed E-state index contributed by atoms with van der Waals surface area (Å²) >= 11 is 8.79. The van der Waals surface area contributed by atoms with Gasteiger partial charge in [0, 0.05) is 17.2 Å². The van der Waals surface area contributed by atoms with Crippen LogP contribution in [0.3, 0.4) is 0 Å². The topological polar surface area (TPSA) is 99.3 Å². The Morgan fingerprint density at radius 3 is 2.50 bits per heavy atom. The van der Waals surface area contributed by atoms with E-state index in [2.05, 4.69) is 26.3 Å². The summed E-state index contributed by atoms with van der Waals surface area (Å²) in [5, 5.41) is 17.9. The number of rotatable bonds is 6. The lowest BCUT2D eigenvalue weighted by atomic mass is 10.2. The number of alkyl halides is 3. The van der Waals surface area contributed by atoms with Gasteiger partial charge in [0.1, 0.15) is 17.5 Å². The molecule has 1 atom stereocenters. The predicted octanol–water partition coefficient (Wildman–Crippen LogP) is 6.83. The first-order valence-electron chi connectivity index (χ1n) is 9.64. The number of ether oxygens (including phenoxy) is 1. The number of carbonyl (C=O) groups excluding carboxylic acids is 1. The molecule has 2 aromatic carbocycles. The largest absolute Gasteiger partial charge is 0.457 e. The van der Waals surface area contributed by atoms with Crippen LogP contribution < -0.4 is 10.1 Å². The maximum atomic E-state index is 13.2. The fraction of sp³-hybridized carbons (Fsp3) is 0.238. The third kappa shape index (κ3) is 5.50. The maximum Gasteiger partial charge on any atom is 0.436 e. The van der Waals surface area contributed by atoms with Crippen molar-refractivity contribution in [3.63, 3.8) is 0 Å². The number of hydrogen-bond donors (Lipinski definition) is 1. The van der Waals surface area contributed by atoms with Gasteiger partial charge in [-0.3, -0.25) is 19.6 Å². The summed E-state index contributed by atoms with van der Waals surface area (Å²) in [6.07, 6.45) is -4.71. The van der Waals surface area contributed by atoms with Gasteiger partial charge in [0.2, 0.25) is 5.91 Å². The van der Waals surface area contributed by atoms with Crippen molar-refractivity contribution in [3.8, 4) is 11.5 Å². The second-order valence-electron chi connectivity index (χ2n) is 7.34. The number of halogens is 5. The number of nitro benzene ring substituents is 1. The molecule has 1 aromatic heterocycles. The molecular formula is C21H17BrClF3N4O4. The number of nitrogens with zero attached hydrogens (tertiary/aromatic N) is 3. The second kappa shape index (κ2) is 9.63. The van der Waals surface area contributed by atoms with Crippen LogP contribution in [0.5, 0.6) is 11.5 Å². The third-order valence-electron chi connectivity index (χ3n) is 4.83.